The Labute approximate surface area is 161 Å². The summed E-state index contributed by atoms with van der Waals surface area (Å²) in [6.45, 7) is 0.0319. The molecule has 0 unspecified atom stereocenters. The Morgan fingerprint density at radius 3 is 2.43 bits per heavy atom. The molecular weight excluding hydrogens is 398 g/mol. The van der Waals surface area contributed by atoms with Crippen LogP contribution in [0.1, 0.15) is 16.7 Å². The van der Waals surface area contributed by atoms with Gasteiger partial charge in [0.15, 0.2) is 0 Å². The van der Waals surface area contributed by atoms with E-state index in [0.29, 0.717) is 5.56 Å². The van der Waals surface area contributed by atoms with Crippen molar-refractivity contribution in [3.63, 3.8) is 0 Å². The van der Waals surface area contributed by atoms with E-state index in [0.717, 1.165) is 12.1 Å². The number of nitriles is 1. The van der Waals surface area contributed by atoms with Crippen molar-refractivity contribution in [1.29, 1.82) is 5.26 Å². The molecule has 0 amide bonds. The summed E-state index contributed by atoms with van der Waals surface area (Å²) in [5, 5.41) is 8.47. The summed E-state index contributed by atoms with van der Waals surface area (Å²) in [5.41, 5.74) is -1.77. The molecule has 0 bridgehead atoms. The Hall–Kier alpha value is -3.18. The molecule has 1 heterocycles. The quantitative estimate of drug-likeness (QED) is 0.594. The van der Waals surface area contributed by atoms with E-state index < -0.39 is 28.1 Å². The molecule has 4 nitrogen and oxygen atoms in total. The predicted octanol–water partition coefficient (Wildman–Crippen LogP) is 4.64. The molecule has 0 atom stereocenters. The molecule has 0 aliphatic heterocycles. The molecule has 1 aromatic heterocycles. The highest BCUT2D eigenvalue weighted by molar-refractivity contribution is 6.34. The maximum atomic E-state index is 13.2. The standard InChI is InChI=1S/C19H10ClF4N3O/c20-16-14(2-1-3-15(16)19(22,23)24)17-26-18(28)12(8-25)10-27(17)9-11-4-6-13(21)7-5-11/h1-7,10H,9H2. The van der Waals surface area contributed by atoms with Crippen LogP contribution in [0.15, 0.2) is 53.5 Å². The minimum atomic E-state index is -4.69. The molecule has 0 saturated carbocycles. The summed E-state index contributed by atoms with van der Waals surface area (Å²) in [6, 6.07) is 10.3. The van der Waals surface area contributed by atoms with Gasteiger partial charge < -0.3 is 4.57 Å². The molecule has 0 N–H and O–H groups in total. The third-order valence-electron chi connectivity index (χ3n) is 3.93. The maximum Gasteiger partial charge on any atom is 0.417 e. The monoisotopic (exact) mass is 407 g/mol. The highest BCUT2D eigenvalue weighted by Crippen LogP contribution is 2.39. The zero-order chi connectivity index (χ0) is 20.5. The van der Waals surface area contributed by atoms with Gasteiger partial charge in [-0.05, 0) is 29.8 Å². The fourth-order valence-electron chi connectivity index (χ4n) is 2.62. The van der Waals surface area contributed by atoms with E-state index in [1.807, 2.05) is 0 Å². The summed E-state index contributed by atoms with van der Waals surface area (Å²) >= 11 is 5.96. The van der Waals surface area contributed by atoms with Crippen LogP contribution in [0.2, 0.25) is 5.02 Å². The van der Waals surface area contributed by atoms with E-state index in [1.165, 1.54) is 41.1 Å². The van der Waals surface area contributed by atoms with E-state index in [9.17, 15) is 22.4 Å². The lowest BCUT2D eigenvalue weighted by Crippen LogP contribution is -2.19. The van der Waals surface area contributed by atoms with Crippen LogP contribution >= 0.6 is 11.6 Å². The highest BCUT2D eigenvalue weighted by Gasteiger charge is 2.34. The molecule has 0 radical (unpaired) electrons. The second kappa shape index (κ2) is 7.44. The summed E-state index contributed by atoms with van der Waals surface area (Å²) in [4.78, 5) is 15.8. The molecule has 2 aromatic carbocycles. The van der Waals surface area contributed by atoms with Crippen molar-refractivity contribution in [3.05, 3.63) is 86.5 Å². The number of rotatable bonds is 3. The van der Waals surface area contributed by atoms with Crippen LogP contribution in [0.5, 0.6) is 0 Å². The summed E-state index contributed by atoms with van der Waals surface area (Å²) in [7, 11) is 0. The third-order valence-corrected chi connectivity index (χ3v) is 4.33. The predicted molar refractivity (Wildman–Crippen MR) is 94.2 cm³/mol. The zero-order valence-corrected chi connectivity index (χ0v) is 14.7. The highest BCUT2D eigenvalue weighted by atomic mass is 35.5. The van der Waals surface area contributed by atoms with Crippen LogP contribution in [0, 0.1) is 17.1 Å². The molecule has 3 rings (SSSR count). The largest absolute Gasteiger partial charge is 0.417 e. The Morgan fingerprint density at radius 2 is 1.82 bits per heavy atom. The van der Waals surface area contributed by atoms with Gasteiger partial charge in [0.05, 0.1) is 10.6 Å². The van der Waals surface area contributed by atoms with Gasteiger partial charge in [-0.2, -0.15) is 23.4 Å². The van der Waals surface area contributed by atoms with E-state index in [4.69, 9.17) is 16.9 Å². The Balaban J connectivity index is 2.21. The molecule has 0 aliphatic rings. The van der Waals surface area contributed by atoms with Crippen LogP contribution in [0.3, 0.4) is 0 Å². The van der Waals surface area contributed by atoms with E-state index >= 15 is 0 Å². The Bertz CT molecular complexity index is 1130. The number of alkyl halides is 3. The Kier molecular flexibility index (Phi) is 5.21. The lowest BCUT2D eigenvalue weighted by Gasteiger charge is -2.16. The minimum Gasteiger partial charge on any atom is -0.326 e. The zero-order valence-electron chi connectivity index (χ0n) is 14.0. The van der Waals surface area contributed by atoms with Gasteiger partial charge in [-0.1, -0.05) is 29.8 Å². The van der Waals surface area contributed by atoms with Gasteiger partial charge >= 0.3 is 6.18 Å². The molecule has 0 spiro atoms. The van der Waals surface area contributed by atoms with Crippen LogP contribution in [-0.4, -0.2) is 9.55 Å². The lowest BCUT2D eigenvalue weighted by molar-refractivity contribution is -0.137. The van der Waals surface area contributed by atoms with Gasteiger partial charge in [-0.15, -0.1) is 0 Å². The summed E-state index contributed by atoms with van der Waals surface area (Å²) < 4.78 is 54.0. The van der Waals surface area contributed by atoms with Crippen LogP contribution in [0.25, 0.3) is 11.4 Å². The number of nitrogens with zero attached hydrogens (tertiary/aromatic N) is 3. The number of aromatic nitrogens is 2. The minimum absolute atomic E-state index is 0.0319. The molecule has 0 fully saturated rings. The van der Waals surface area contributed by atoms with Crippen molar-refractivity contribution < 1.29 is 17.6 Å². The fourth-order valence-corrected chi connectivity index (χ4v) is 2.93. The Morgan fingerprint density at radius 1 is 1.14 bits per heavy atom. The lowest BCUT2D eigenvalue weighted by atomic mass is 10.1. The van der Waals surface area contributed by atoms with Gasteiger partial charge in [-0.3, -0.25) is 4.79 Å². The average molecular weight is 408 g/mol. The average Bonchev–Trinajstić information content (AvgIpc) is 2.64. The van der Waals surface area contributed by atoms with Crippen molar-refractivity contribution in [2.75, 3.05) is 0 Å². The first-order chi connectivity index (χ1) is 13.2. The second-order valence-corrected chi connectivity index (χ2v) is 6.19. The first-order valence-corrected chi connectivity index (χ1v) is 8.20. The van der Waals surface area contributed by atoms with Crippen LogP contribution in [0.4, 0.5) is 17.6 Å². The molecule has 0 saturated heterocycles. The smallest absolute Gasteiger partial charge is 0.326 e. The molecule has 142 valence electrons. The van der Waals surface area contributed by atoms with Crippen molar-refractivity contribution in [3.8, 4) is 17.5 Å². The van der Waals surface area contributed by atoms with Crippen molar-refractivity contribution >= 4 is 11.6 Å². The van der Waals surface area contributed by atoms with Gasteiger partial charge in [-0.25, -0.2) is 4.39 Å². The summed E-state index contributed by atoms with van der Waals surface area (Å²) in [6.07, 6.45) is -3.51. The van der Waals surface area contributed by atoms with Gasteiger partial charge in [0.2, 0.25) is 0 Å². The SMILES string of the molecule is N#Cc1cn(Cc2ccc(F)cc2)c(-c2cccc(C(F)(F)F)c2Cl)nc1=O. The van der Waals surface area contributed by atoms with Gasteiger partial charge in [0.1, 0.15) is 23.3 Å². The topological polar surface area (TPSA) is 58.7 Å². The molecule has 28 heavy (non-hydrogen) atoms. The second-order valence-electron chi connectivity index (χ2n) is 5.81. The third kappa shape index (κ3) is 3.89. The molecular formula is C19H10ClF4N3O. The van der Waals surface area contributed by atoms with E-state index in [1.54, 1.807) is 6.07 Å². The molecule has 3 aromatic rings. The number of halogens is 5. The molecule has 0 aliphatic carbocycles. The molecule has 9 heteroatoms. The normalized spacial score (nSPS) is 11.3. The van der Waals surface area contributed by atoms with E-state index in [-0.39, 0.29) is 23.5 Å². The number of hydrogen-bond acceptors (Lipinski definition) is 3. The van der Waals surface area contributed by atoms with Crippen molar-refractivity contribution in [1.82, 2.24) is 9.55 Å². The first-order valence-electron chi connectivity index (χ1n) is 7.83. The van der Waals surface area contributed by atoms with Crippen LogP contribution in [-0.2, 0) is 12.7 Å². The van der Waals surface area contributed by atoms with Gasteiger partial charge in [0.25, 0.3) is 5.56 Å². The number of hydrogen-bond donors (Lipinski definition) is 0. The van der Waals surface area contributed by atoms with Crippen molar-refractivity contribution in [2.45, 2.75) is 12.7 Å². The maximum absolute atomic E-state index is 13.2. The summed E-state index contributed by atoms with van der Waals surface area (Å²) in [5.74, 6) is -0.593. The van der Waals surface area contributed by atoms with Crippen LogP contribution < -0.4 is 5.56 Å². The van der Waals surface area contributed by atoms with E-state index in [2.05, 4.69) is 4.98 Å². The fraction of sp³-hybridized carbons (Fsp3) is 0.105. The van der Waals surface area contributed by atoms with Gasteiger partial charge in [0, 0.05) is 18.3 Å². The first kappa shape index (κ1) is 19.6. The van der Waals surface area contributed by atoms with Crippen molar-refractivity contribution in [2.24, 2.45) is 0 Å². The number of benzene rings is 2.